The van der Waals surface area contributed by atoms with Gasteiger partial charge >= 0.3 is 0 Å². The summed E-state index contributed by atoms with van der Waals surface area (Å²) in [6, 6.07) is 3.47. The molecule has 1 saturated heterocycles. The normalized spacial score (nSPS) is 19.4. The van der Waals surface area contributed by atoms with Gasteiger partial charge in [-0.25, -0.2) is 13.8 Å². The van der Waals surface area contributed by atoms with Crippen LogP contribution in [0.5, 0.6) is 0 Å². The molecule has 1 aromatic carbocycles. The molecule has 5 heteroatoms. The molecule has 0 spiro atoms. The monoisotopic (exact) mass is 294 g/mol. The number of benzene rings is 1. The van der Waals surface area contributed by atoms with Crippen LogP contribution >= 0.6 is 11.3 Å². The summed E-state index contributed by atoms with van der Waals surface area (Å²) in [5.41, 5.74) is 0.748. The first-order valence-corrected chi connectivity index (χ1v) is 7.67. The van der Waals surface area contributed by atoms with E-state index in [1.165, 1.54) is 23.8 Å². The Bertz CT molecular complexity index is 612. The van der Waals surface area contributed by atoms with Gasteiger partial charge in [0.1, 0.15) is 11.6 Å². The first-order chi connectivity index (χ1) is 9.63. The lowest BCUT2D eigenvalue weighted by Crippen LogP contribution is -2.34. The van der Waals surface area contributed by atoms with E-state index in [1.807, 2.05) is 0 Å². The molecule has 1 unspecified atom stereocenters. The molecule has 3 rings (SSSR count). The zero-order chi connectivity index (χ0) is 14.1. The Morgan fingerprint density at radius 1 is 1.35 bits per heavy atom. The topological polar surface area (TPSA) is 16.1 Å². The van der Waals surface area contributed by atoms with Gasteiger partial charge in [-0.15, -0.1) is 11.3 Å². The summed E-state index contributed by atoms with van der Waals surface area (Å²) >= 11 is 1.49. The number of nitrogens with zero attached hydrogens (tertiary/aromatic N) is 2. The maximum Gasteiger partial charge on any atom is 0.185 e. The number of piperidine rings is 1. The molecule has 1 fully saturated rings. The van der Waals surface area contributed by atoms with Crippen molar-refractivity contribution >= 4 is 16.5 Å². The highest BCUT2D eigenvalue weighted by Gasteiger charge is 2.20. The van der Waals surface area contributed by atoms with Crippen LogP contribution in [0.1, 0.15) is 19.8 Å². The molecule has 0 N–H and O–H groups in total. The fourth-order valence-corrected chi connectivity index (χ4v) is 3.45. The molecule has 0 amide bonds. The van der Waals surface area contributed by atoms with Crippen molar-refractivity contribution in [1.29, 1.82) is 0 Å². The van der Waals surface area contributed by atoms with Gasteiger partial charge in [0, 0.05) is 24.0 Å². The third-order valence-electron chi connectivity index (χ3n) is 3.62. The fourth-order valence-electron chi connectivity index (χ4n) is 2.59. The van der Waals surface area contributed by atoms with Gasteiger partial charge in [0.05, 0.1) is 5.69 Å². The molecule has 0 saturated carbocycles. The summed E-state index contributed by atoms with van der Waals surface area (Å²) in [5, 5.41) is 2.70. The van der Waals surface area contributed by atoms with E-state index in [9.17, 15) is 8.78 Å². The molecule has 2 aromatic rings. The van der Waals surface area contributed by atoms with Crippen LogP contribution in [0.3, 0.4) is 0 Å². The van der Waals surface area contributed by atoms with Crippen LogP contribution in [0.25, 0.3) is 11.3 Å². The van der Waals surface area contributed by atoms with Gasteiger partial charge in [0.15, 0.2) is 5.13 Å². The number of halogens is 2. The minimum Gasteiger partial charge on any atom is -0.348 e. The van der Waals surface area contributed by atoms with Gasteiger partial charge < -0.3 is 4.90 Å². The summed E-state index contributed by atoms with van der Waals surface area (Å²) < 4.78 is 27.0. The van der Waals surface area contributed by atoms with Gasteiger partial charge in [0.2, 0.25) is 0 Å². The van der Waals surface area contributed by atoms with Crippen molar-refractivity contribution in [3.8, 4) is 11.3 Å². The molecular weight excluding hydrogens is 278 g/mol. The summed E-state index contributed by atoms with van der Waals surface area (Å²) in [6.45, 7) is 4.20. The van der Waals surface area contributed by atoms with Crippen LogP contribution in [0.15, 0.2) is 23.6 Å². The van der Waals surface area contributed by atoms with Gasteiger partial charge in [-0.05, 0) is 37.0 Å². The van der Waals surface area contributed by atoms with Crippen LogP contribution in [-0.4, -0.2) is 18.1 Å². The van der Waals surface area contributed by atoms with Crippen molar-refractivity contribution in [2.45, 2.75) is 19.8 Å². The van der Waals surface area contributed by atoms with E-state index in [0.29, 0.717) is 11.6 Å². The standard InChI is InChI=1S/C15H16F2N2S/c1-10-3-2-6-19(8-10)15-18-14(9-20-15)12-7-11(16)4-5-13(12)17/h4-5,7,9-10H,2-3,6,8H2,1H3. The van der Waals surface area contributed by atoms with Crippen molar-refractivity contribution in [3.63, 3.8) is 0 Å². The molecule has 2 heterocycles. The number of thiazole rings is 1. The van der Waals surface area contributed by atoms with Crippen LogP contribution in [0, 0.1) is 17.6 Å². The summed E-state index contributed by atoms with van der Waals surface area (Å²) in [6.07, 6.45) is 2.40. The largest absolute Gasteiger partial charge is 0.348 e. The van der Waals surface area contributed by atoms with E-state index in [-0.39, 0.29) is 5.56 Å². The number of aromatic nitrogens is 1. The molecule has 1 aromatic heterocycles. The summed E-state index contributed by atoms with van der Waals surface area (Å²) in [5.74, 6) is -0.222. The third-order valence-corrected chi connectivity index (χ3v) is 4.53. The molecule has 0 bridgehead atoms. The Morgan fingerprint density at radius 3 is 3.00 bits per heavy atom. The first kappa shape index (κ1) is 13.5. The maximum absolute atomic E-state index is 13.8. The fraction of sp³-hybridized carbons (Fsp3) is 0.400. The molecule has 1 aliphatic heterocycles. The summed E-state index contributed by atoms with van der Waals surface area (Å²) in [4.78, 5) is 6.71. The maximum atomic E-state index is 13.8. The zero-order valence-corrected chi connectivity index (χ0v) is 12.1. The van der Waals surface area contributed by atoms with E-state index in [2.05, 4.69) is 16.8 Å². The van der Waals surface area contributed by atoms with Gasteiger partial charge in [-0.2, -0.15) is 0 Å². The average molecular weight is 294 g/mol. The highest BCUT2D eigenvalue weighted by Crippen LogP contribution is 2.31. The minimum atomic E-state index is -0.442. The number of hydrogen-bond donors (Lipinski definition) is 0. The molecule has 20 heavy (non-hydrogen) atoms. The van der Waals surface area contributed by atoms with Crippen molar-refractivity contribution in [1.82, 2.24) is 4.98 Å². The highest BCUT2D eigenvalue weighted by molar-refractivity contribution is 7.14. The molecular formula is C15H16F2N2S. The van der Waals surface area contributed by atoms with Crippen molar-refractivity contribution < 1.29 is 8.78 Å². The van der Waals surface area contributed by atoms with Crippen LogP contribution in [0.2, 0.25) is 0 Å². The van der Waals surface area contributed by atoms with Crippen molar-refractivity contribution in [2.24, 2.45) is 5.92 Å². The van der Waals surface area contributed by atoms with E-state index in [4.69, 9.17) is 0 Å². The molecule has 2 nitrogen and oxygen atoms in total. The second-order valence-corrected chi connectivity index (χ2v) is 6.17. The first-order valence-electron chi connectivity index (χ1n) is 6.79. The van der Waals surface area contributed by atoms with E-state index < -0.39 is 11.6 Å². The second kappa shape index (κ2) is 5.48. The third kappa shape index (κ3) is 2.68. The average Bonchev–Trinajstić information content (AvgIpc) is 2.91. The van der Waals surface area contributed by atoms with Crippen molar-refractivity contribution in [2.75, 3.05) is 18.0 Å². The molecule has 106 valence electrons. The SMILES string of the molecule is CC1CCCN(c2nc(-c3cc(F)ccc3F)cs2)C1. The lowest BCUT2D eigenvalue weighted by Gasteiger charge is -2.30. The van der Waals surface area contributed by atoms with Crippen LogP contribution < -0.4 is 4.90 Å². The van der Waals surface area contributed by atoms with Gasteiger partial charge in [-0.1, -0.05) is 6.92 Å². The van der Waals surface area contributed by atoms with E-state index in [0.717, 1.165) is 36.8 Å². The Balaban J connectivity index is 1.88. The van der Waals surface area contributed by atoms with E-state index in [1.54, 1.807) is 5.38 Å². The molecule has 1 atom stereocenters. The van der Waals surface area contributed by atoms with Crippen molar-refractivity contribution in [3.05, 3.63) is 35.2 Å². The van der Waals surface area contributed by atoms with Gasteiger partial charge in [-0.3, -0.25) is 0 Å². The smallest absolute Gasteiger partial charge is 0.185 e. The molecule has 1 aliphatic rings. The Morgan fingerprint density at radius 2 is 2.20 bits per heavy atom. The van der Waals surface area contributed by atoms with Gasteiger partial charge in [0.25, 0.3) is 0 Å². The molecule has 0 aliphatic carbocycles. The zero-order valence-electron chi connectivity index (χ0n) is 11.3. The lowest BCUT2D eigenvalue weighted by molar-refractivity contribution is 0.446. The minimum absolute atomic E-state index is 0.234. The number of rotatable bonds is 2. The highest BCUT2D eigenvalue weighted by atomic mass is 32.1. The predicted octanol–water partition coefficient (Wildman–Crippen LogP) is 4.32. The Labute approximate surface area is 121 Å². The number of hydrogen-bond acceptors (Lipinski definition) is 3. The Kier molecular flexibility index (Phi) is 3.70. The van der Waals surface area contributed by atoms with Crippen LogP contribution in [0.4, 0.5) is 13.9 Å². The predicted molar refractivity (Wildman–Crippen MR) is 78.1 cm³/mol. The summed E-state index contributed by atoms with van der Waals surface area (Å²) in [7, 11) is 0. The Hall–Kier alpha value is -1.49. The second-order valence-electron chi connectivity index (χ2n) is 5.33. The molecule has 0 radical (unpaired) electrons. The lowest BCUT2D eigenvalue weighted by atomic mass is 10.0. The quantitative estimate of drug-likeness (QED) is 0.820. The van der Waals surface area contributed by atoms with E-state index >= 15 is 0 Å². The number of anilines is 1. The van der Waals surface area contributed by atoms with Crippen LogP contribution in [-0.2, 0) is 0 Å².